The summed E-state index contributed by atoms with van der Waals surface area (Å²) in [6, 6.07) is -0.296. The van der Waals surface area contributed by atoms with Crippen LogP contribution in [0.25, 0.3) is 0 Å². The van der Waals surface area contributed by atoms with E-state index in [4.69, 9.17) is 5.11 Å². The third-order valence-corrected chi connectivity index (χ3v) is 2.25. The number of ketones is 1. The molecule has 13 heavy (non-hydrogen) atoms. The summed E-state index contributed by atoms with van der Waals surface area (Å²) in [6.07, 6.45) is 3.87. The molecule has 1 aliphatic rings. The molecule has 4 nitrogen and oxygen atoms in total. The molecule has 2 atom stereocenters. The van der Waals surface area contributed by atoms with Crippen molar-refractivity contribution >= 4 is 11.9 Å². The Balaban J connectivity index is 2.55. The number of carbonyl (C=O) groups is 2. The summed E-state index contributed by atoms with van der Waals surface area (Å²) in [4.78, 5) is 21.6. The molecule has 1 amide bonds. The summed E-state index contributed by atoms with van der Waals surface area (Å²) < 4.78 is 0. The molecule has 2 N–H and O–H groups in total. The van der Waals surface area contributed by atoms with Crippen molar-refractivity contribution < 1.29 is 14.7 Å². The molecule has 0 aromatic heterocycles. The summed E-state index contributed by atoms with van der Waals surface area (Å²) in [6.45, 7) is 1.72. The maximum absolute atomic E-state index is 11.3. The summed E-state index contributed by atoms with van der Waals surface area (Å²) in [5.74, 6) is -0.173. The fourth-order valence-electron chi connectivity index (χ4n) is 1.53. The van der Waals surface area contributed by atoms with Crippen molar-refractivity contribution in [3.05, 3.63) is 12.2 Å². The minimum absolute atomic E-state index is 0.0208. The molecule has 0 saturated carbocycles. The van der Waals surface area contributed by atoms with Gasteiger partial charge in [-0.3, -0.25) is 4.79 Å². The number of hydrogen-bond donors (Lipinski definition) is 2. The lowest BCUT2D eigenvalue weighted by atomic mass is 9.87. The SMILES string of the molecule is CC(NC(=O)O)C1CCC=CC1=O. The van der Waals surface area contributed by atoms with Crippen LogP contribution in [0.3, 0.4) is 0 Å². The Hall–Kier alpha value is -1.32. The van der Waals surface area contributed by atoms with Crippen molar-refractivity contribution in [1.29, 1.82) is 0 Å². The van der Waals surface area contributed by atoms with Gasteiger partial charge in [0.25, 0.3) is 0 Å². The van der Waals surface area contributed by atoms with E-state index in [1.165, 1.54) is 6.08 Å². The van der Waals surface area contributed by atoms with Gasteiger partial charge in [-0.15, -0.1) is 0 Å². The molecular weight excluding hydrogens is 170 g/mol. The standard InChI is InChI=1S/C9H13NO3/c1-6(10-9(12)13)7-4-2-3-5-8(7)11/h3,5-7,10H,2,4H2,1H3,(H,12,13). The van der Waals surface area contributed by atoms with Crippen LogP contribution in [-0.4, -0.2) is 23.0 Å². The Morgan fingerprint density at radius 1 is 1.77 bits per heavy atom. The zero-order chi connectivity index (χ0) is 9.84. The van der Waals surface area contributed by atoms with Gasteiger partial charge in [0.2, 0.25) is 0 Å². The molecule has 72 valence electrons. The zero-order valence-corrected chi connectivity index (χ0v) is 7.49. The predicted molar refractivity (Wildman–Crippen MR) is 47.5 cm³/mol. The Labute approximate surface area is 76.6 Å². The van der Waals surface area contributed by atoms with Crippen LogP contribution in [0.15, 0.2) is 12.2 Å². The van der Waals surface area contributed by atoms with Crippen LogP contribution in [0, 0.1) is 5.92 Å². The summed E-state index contributed by atoms with van der Waals surface area (Å²) in [5.41, 5.74) is 0. The molecular formula is C9H13NO3. The van der Waals surface area contributed by atoms with Gasteiger partial charge < -0.3 is 10.4 Å². The molecule has 0 fully saturated rings. The van der Waals surface area contributed by atoms with Gasteiger partial charge in [0.15, 0.2) is 5.78 Å². The smallest absolute Gasteiger partial charge is 0.404 e. The van der Waals surface area contributed by atoms with Crippen LogP contribution in [0.1, 0.15) is 19.8 Å². The molecule has 0 aliphatic heterocycles. The molecule has 0 saturated heterocycles. The highest BCUT2D eigenvalue weighted by atomic mass is 16.4. The van der Waals surface area contributed by atoms with E-state index in [2.05, 4.69) is 5.32 Å². The quantitative estimate of drug-likeness (QED) is 0.675. The average Bonchev–Trinajstić information content (AvgIpc) is 2.03. The first-order valence-electron chi connectivity index (χ1n) is 4.31. The van der Waals surface area contributed by atoms with Crippen LogP contribution in [0.5, 0.6) is 0 Å². The van der Waals surface area contributed by atoms with E-state index < -0.39 is 6.09 Å². The summed E-state index contributed by atoms with van der Waals surface area (Å²) >= 11 is 0. The van der Waals surface area contributed by atoms with Gasteiger partial charge >= 0.3 is 6.09 Å². The van der Waals surface area contributed by atoms with Crippen LogP contribution >= 0.6 is 0 Å². The Morgan fingerprint density at radius 3 is 3.00 bits per heavy atom. The second kappa shape index (κ2) is 4.07. The second-order valence-electron chi connectivity index (χ2n) is 3.23. The largest absolute Gasteiger partial charge is 0.465 e. The van der Waals surface area contributed by atoms with E-state index in [0.29, 0.717) is 0 Å². The summed E-state index contributed by atoms with van der Waals surface area (Å²) in [7, 11) is 0. The second-order valence-corrected chi connectivity index (χ2v) is 3.23. The normalized spacial score (nSPS) is 24.1. The Morgan fingerprint density at radius 2 is 2.46 bits per heavy atom. The molecule has 0 heterocycles. The number of rotatable bonds is 2. The first-order chi connectivity index (χ1) is 6.11. The van der Waals surface area contributed by atoms with E-state index in [-0.39, 0.29) is 17.7 Å². The minimum atomic E-state index is -1.07. The zero-order valence-electron chi connectivity index (χ0n) is 7.49. The summed E-state index contributed by atoms with van der Waals surface area (Å²) in [5, 5.41) is 10.8. The number of carboxylic acid groups (broad SMARTS) is 1. The van der Waals surface area contributed by atoms with Gasteiger partial charge in [0.05, 0.1) is 0 Å². The molecule has 0 bridgehead atoms. The number of nitrogens with one attached hydrogen (secondary N) is 1. The van der Waals surface area contributed by atoms with Gasteiger partial charge in [0, 0.05) is 12.0 Å². The van der Waals surface area contributed by atoms with Gasteiger partial charge in [0.1, 0.15) is 0 Å². The minimum Gasteiger partial charge on any atom is -0.465 e. The Bertz CT molecular complexity index is 247. The molecule has 2 unspecified atom stereocenters. The van der Waals surface area contributed by atoms with Gasteiger partial charge in [-0.1, -0.05) is 6.08 Å². The van der Waals surface area contributed by atoms with E-state index in [9.17, 15) is 9.59 Å². The molecule has 1 aliphatic carbocycles. The van der Waals surface area contributed by atoms with Crippen molar-refractivity contribution in [2.24, 2.45) is 5.92 Å². The van der Waals surface area contributed by atoms with Crippen molar-refractivity contribution in [2.45, 2.75) is 25.8 Å². The van der Waals surface area contributed by atoms with Gasteiger partial charge in [-0.05, 0) is 25.8 Å². The lowest BCUT2D eigenvalue weighted by Crippen LogP contribution is -2.40. The lowest BCUT2D eigenvalue weighted by Gasteiger charge is -2.23. The maximum atomic E-state index is 11.3. The highest BCUT2D eigenvalue weighted by Gasteiger charge is 2.25. The van der Waals surface area contributed by atoms with E-state index in [1.54, 1.807) is 6.92 Å². The van der Waals surface area contributed by atoms with Gasteiger partial charge in [-0.25, -0.2) is 4.79 Å². The van der Waals surface area contributed by atoms with Crippen LogP contribution in [0.2, 0.25) is 0 Å². The fraction of sp³-hybridized carbons (Fsp3) is 0.556. The number of amides is 1. The number of allylic oxidation sites excluding steroid dienone is 2. The van der Waals surface area contributed by atoms with Crippen LogP contribution in [-0.2, 0) is 4.79 Å². The monoisotopic (exact) mass is 183 g/mol. The Kier molecular flexibility index (Phi) is 3.06. The van der Waals surface area contributed by atoms with Crippen molar-refractivity contribution in [3.63, 3.8) is 0 Å². The van der Waals surface area contributed by atoms with Crippen LogP contribution in [0.4, 0.5) is 4.79 Å². The number of hydrogen-bond acceptors (Lipinski definition) is 2. The van der Waals surface area contributed by atoms with E-state index >= 15 is 0 Å². The highest BCUT2D eigenvalue weighted by molar-refractivity contribution is 5.93. The van der Waals surface area contributed by atoms with Crippen molar-refractivity contribution in [2.75, 3.05) is 0 Å². The topological polar surface area (TPSA) is 66.4 Å². The van der Waals surface area contributed by atoms with E-state index in [1.807, 2.05) is 6.08 Å². The lowest BCUT2D eigenvalue weighted by molar-refractivity contribution is -0.119. The predicted octanol–water partition coefficient (Wildman–Crippen LogP) is 1.18. The third kappa shape index (κ3) is 2.57. The molecule has 1 rings (SSSR count). The first-order valence-corrected chi connectivity index (χ1v) is 4.31. The van der Waals surface area contributed by atoms with Crippen LogP contribution < -0.4 is 5.32 Å². The fourth-order valence-corrected chi connectivity index (χ4v) is 1.53. The molecule has 0 aromatic carbocycles. The third-order valence-electron chi connectivity index (χ3n) is 2.25. The highest BCUT2D eigenvalue weighted by Crippen LogP contribution is 2.18. The number of carbonyl (C=O) groups excluding carboxylic acids is 1. The maximum Gasteiger partial charge on any atom is 0.404 e. The molecule has 4 heteroatoms. The first kappa shape index (κ1) is 9.77. The molecule has 0 radical (unpaired) electrons. The molecule has 0 spiro atoms. The molecule has 0 aromatic rings. The van der Waals surface area contributed by atoms with Crippen molar-refractivity contribution in [3.8, 4) is 0 Å². The van der Waals surface area contributed by atoms with E-state index in [0.717, 1.165) is 12.8 Å². The van der Waals surface area contributed by atoms with Crippen molar-refractivity contribution in [1.82, 2.24) is 5.32 Å². The average molecular weight is 183 g/mol. The van der Waals surface area contributed by atoms with Gasteiger partial charge in [-0.2, -0.15) is 0 Å².